The first-order valence-corrected chi connectivity index (χ1v) is 5.04. The predicted molar refractivity (Wildman–Crippen MR) is 56.2 cm³/mol. The number of aromatic carboxylic acids is 1. The molecule has 2 rings (SSSR count). The van der Waals surface area contributed by atoms with Crippen LogP contribution in [0, 0.1) is 5.82 Å². The zero-order valence-electron chi connectivity index (χ0n) is 8.57. The third-order valence-electron chi connectivity index (χ3n) is 2.47. The Balaban J connectivity index is 2.04. The highest BCUT2D eigenvalue weighted by atomic mass is 19.1. The van der Waals surface area contributed by atoms with E-state index in [1.54, 1.807) is 0 Å². The Morgan fingerprint density at radius 3 is 2.88 bits per heavy atom. The highest BCUT2D eigenvalue weighted by molar-refractivity contribution is 5.88. The van der Waals surface area contributed by atoms with Crippen molar-refractivity contribution in [1.82, 2.24) is 0 Å². The van der Waals surface area contributed by atoms with Gasteiger partial charge < -0.3 is 15.2 Å². The molecule has 0 aliphatic carbocycles. The molecule has 4 nitrogen and oxygen atoms in total. The molecule has 0 saturated carbocycles. The van der Waals surface area contributed by atoms with Crippen molar-refractivity contribution < 1.29 is 19.0 Å². The number of halogens is 1. The van der Waals surface area contributed by atoms with Crippen molar-refractivity contribution in [2.45, 2.75) is 12.5 Å². The molecule has 1 aliphatic heterocycles. The molecule has 0 aromatic heterocycles. The van der Waals surface area contributed by atoms with Crippen LogP contribution in [0.25, 0.3) is 0 Å². The third-order valence-corrected chi connectivity index (χ3v) is 2.47. The van der Waals surface area contributed by atoms with Crippen LogP contribution < -0.4 is 5.32 Å². The van der Waals surface area contributed by atoms with E-state index in [2.05, 4.69) is 5.32 Å². The highest BCUT2D eigenvalue weighted by Crippen LogP contribution is 2.16. The van der Waals surface area contributed by atoms with Crippen LogP contribution in [0.3, 0.4) is 0 Å². The van der Waals surface area contributed by atoms with Gasteiger partial charge in [-0.15, -0.1) is 0 Å². The Morgan fingerprint density at radius 1 is 1.56 bits per heavy atom. The van der Waals surface area contributed by atoms with Crippen LogP contribution in [0.4, 0.5) is 10.1 Å². The zero-order chi connectivity index (χ0) is 11.5. The summed E-state index contributed by atoms with van der Waals surface area (Å²) in [7, 11) is 0. The third kappa shape index (κ3) is 2.49. The van der Waals surface area contributed by atoms with Gasteiger partial charge >= 0.3 is 5.97 Å². The van der Waals surface area contributed by atoms with E-state index in [0.717, 1.165) is 19.1 Å². The van der Waals surface area contributed by atoms with Crippen molar-refractivity contribution in [3.05, 3.63) is 29.6 Å². The minimum Gasteiger partial charge on any atom is -0.478 e. The smallest absolute Gasteiger partial charge is 0.335 e. The molecule has 2 N–H and O–H groups in total. The number of hydrogen-bond donors (Lipinski definition) is 2. The van der Waals surface area contributed by atoms with Gasteiger partial charge in [0.25, 0.3) is 0 Å². The molecule has 0 radical (unpaired) electrons. The molecule has 1 saturated heterocycles. The van der Waals surface area contributed by atoms with Crippen LogP contribution in [0.1, 0.15) is 16.8 Å². The second-order valence-corrected chi connectivity index (χ2v) is 3.70. The lowest BCUT2D eigenvalue weighted by atomic mass is 10.1. The van der Waals surface area contributed by atoms with E-state index in [4.69, 9.17) is 9.84 Å². The predicted octanol–water partition coefficient (Wildman–Crippen LogP) is 1.72. The average Bonchev–Trinajstić information content (AvgIpc) is 2.14. The van der Waals surface area contributed by atoms with E-state index in [9.17, 15) is 9.18 Å². The molecule has 1 unspecified atom stereocenters. The van der Waals surface area contributed by atoms with Crippen LogP contribution in [-0.2, 0) is 4.74 Å². The lowest BCUT2D eigenvalue weighted by Crippen LogP contribution is -2.33. The number of carboxylic acid groups (broad SMARTS) is 1. The fourth-order valence-corrected chi connectivity index (χ4v) is 1.49. The first-order chi connectivity index (χ1) is 7.65. The first-order valence-electron chi connectivity index (χ1n) is 5.04. The normalized spacial score (nSPS) is 18.9. The molecule has 0 bridgehead atoms. The maximum absolute atomic E-state index is 13.1. The summed E-state index contributed by atoms with van der Waals surface area (Å²) in [4.78, 5) is 10.7. The van der Waals surface area contributed by atoms with Crippen LogP contribution in [0.15, 0.2) is 18.2 Å². The van der Waals surface area contributed by atoms with Gasteiger partial charge in [0.05, 0.1) is 11.7 Å². The van der Waals surface area contributed by atoms with Gasteiger partial charge in [0.15, 0.2) is 0 Å². The van der Waals surface area contributed by atoms with Gasteiger partial charge in [-0.25, -0.2) is 9.18 Å². The highest BCUT2D eigenvalue weighted by Gasteiger charge is 2.17. The Kier molecular flexibility index (Phi) is 3.05. The first kappa shape index (κ1) is 10.9. The van der Waals surface area contributed by atoms with E-state index < -0.39 is 11.8 Å². The standard InChI is InChI=1S/C11H12FNO3/c12-8-3-7(11(14)15)4-9(5-8)13-6-10-1-2-16-10/h3-5,10,13H,1-2,6H2,(H,14,15). The van der Waals surface area contributed by atoms with Gasteiger partial charge in [-0.05, 0) is 24.6 Å². The second-order valence-electron chi connectivity index (χ2n) is 3.70. The number of nitrogens with one attached hydrogen (secondary N) is 1. The fraction of sp³-hybridized carbons (Fsp3) is 0.364. The largest absolute Gasteiger partial charge is 0.478 e. The van der Waals surface area contributed by atoms with Crippen molar-refractivity contribution >= 4 is 11.7 Å². The molecule has 1 fully saturated rings. The lowest BCUT2D eigenvalue weighted by Gasteiger charge is -2.26. The molecule has 1 atom stereocenters. The molecule has 0 amide bonds. The van der Waals surface area contributed by atoms with Gasteiger partial charge in [0.2, 0.25) is 0 Å². The van der Waals surface area contributed by atoms with Crippen molar-refractivity contribution in [3.8, 4) is 0 Å². The molecule has 0 spiro atoms. The summed E-state index contributed by atoms with van der Waals surface area (Å²) in [5.41, 5.74) is 0.407. The van der Waals surface area contributed by atoms with Crippen molar-refractivity contribution in [1.29, 1.82) is 0 Å². The molecule has 16 heavy (non-hydrogen) atoms. The van der Waals surface area contributed by atoms with E-state index in [1.807, 2.05) is 0 Å². The molecule has 86 valence electrons. The van der Waals surface area contributed by atoms with Gasteiger partial charge in [0.1, 0.15) is 5.82 Å². The van der Waals surface area contributed by atoms with Gasteiger partial charge in [-0.1, -0.05) is 0 Å². The van der Waals surface area contributed by atoms with Crippen molar-refractivity contribution in [2.24, 2.45) is 0 Å². The maximum atomic E-state index is 13.1. The number of carboxylic acids is 1. The number of ether oxygens (including phenoxy) is 1. The summed E-state index contributed by atoms with van der Waals surface area (Å²) in [6.45, 7) is 1.33. The number of benzene rings is 1. The summed E-state index contributed by atoms with van der Waals surface area (Å²) in [6.07, 6.45) is 1.13. The van der Waals surface area contributed by atoms with Gasteiger partial charge in [-0.3, -0.25) is 0 Å². The zero-order valence-corrected chi connectivity index (χ0v) is 8.57. The Morgan fingerprint density at radius 2 is 2.31 bits per heavy atom. The van der Waals surface area contributed by atoms with Crippen molar-refractivity contribution in [3.63, 3.8) is 0 Å². The summed E-state index contributed by atoms with van der Waals surface area (Å²) < 4.78 is 18.3. The molecule has 1 aromatic carbocycles. The number of carbonyl (C=O) groups is 1. The summed E-state index contributed by atoms with van der Waals surface area (Å²) in [5.74, 6) is -1.70. The van der Waals surface area contributed by atoms with E-state index in [1.165, 1.54) is 12.1 Å². The fourth-order valence-electron chi connectivity index (χ4n) is 1.49. The molecule has 1 aliphatic rings. The van der Waals surface area contributed by atoms with E-state index in [-0.39, 0.29) is 11.7 Å². The van der Waals surface area contributed by atoms with Crippen LogP contribution in [0.5, 0.6) is 0 Å². The topological polar surface area (TPSA) is 58.6 Å². The Bertz CT molecular complexity index is 404. The molecule has 1 heterocycles. The Hall–Kier alpha value is -1.62. The minimum atomic E-state index is -1.14. The number of rotatable bonds is 4. The average molecular weight is 225 g/mol. The molecular formula is C11H12FNO3. The summed E-state index contributed by atoms with van der Waals surface area (Å²) in [5, 5.41) is 11.7. The summed E-state index contributed by atoms with van der Waals surface area (Å²) in [6, 6.07) is 3.67. The maximum Gasteiger partial charge on any atom is 0.335 e. The number of anilines is 1. The van der Waals surface area contributed by atoms with Crippen LogP contribution in [-0.4, -0.2) is 30.3 Å². The minimum absolute atomic E-state index is 0.0583. The van der Waals surface area contributed by atoms with Gasteiger partial charge in [-0.2, -0.15) is 0 Å². The van der Waals surface area contributed by atoms with E-state index >= 15 is 0 Å². The summed E-state index contributed by atoms with van der Waals surface area (Å²) >= 11 is 0. The second kappa shape index (κ2) is 4.49. The Labute approximate surface area is 92.0 Å². The van der Waals surface area contributed by atoms with E-state index in [0.29, 0.717) is 12.2 Å². The molecular weight excluding hydrogens is 213 g/mol. The monoisotopic (exact) mass is 225 g/mol. The van der Waals surface area contributed by atoms with Crippen LogP contribution in [0.2, 0.25) is 0 Å². The molecule has 1 aromatic rings. The number of hydrogen-bond acceptors (Lipinski definition) is 3. The molecule has 5 heteroatoms. The van der Waals surface area contributed by atoms with Gasteiger partial charge in [0, 0.05) is 18.8 Å². The SMILES string of the molecule is O=C(O)c1cc(F)cc(NCC2CCO2)c1. The quantitative estimate of drug-likeness (QED) is 0.819. The van der Waals surface area contributed by atoms with Crippen LogP contribution >= 0.6 is 0 Å². The lowest BCUT2D eigenvalue weighted by molar-refractivity contribution is -0.0410. The van der Waals surface area contributed by atoms with Crippen molar-refractivity contribution in [2.75, 3.05) is 18.5 Å².